The number of ketones is 1. The molecule has 2 saturated carbocycles. The molecule has 0 saturated heterocycles. The average Bonchev–Trinajstić information content (AvgIpc) is 3.00. The number of ether oxygens (including phenoxy) is 1. The van der Waals surface area contributed by atoms with Crippen molar-refractivity contribution in [3.8, 4) is 0 Å². The van der Waals surface area contributed by atoms with E-state index in [1.807, 2.05) is 0 Å². The van der Waals surface area contributed by atoms with Gasteiger partial charge in [-0.25, -0.2) is 0 Å². The Bertz CT molecular complexity index is 549. The summed E-state index contributed by atoms with van der Waals surface area (Å²) in [5, 5.41) is 0.209. The zero-order chi connectivity index (χ0) is 21.5. The average molecular weight is 411 g/mol. The van der Waals surface area contributed by atoms with Crippen LogP contribution in [-0.4, -0.2) is 32.4 Å². The first kappa shape index (κ1) is 24.1. The van der Waals surface area contributed by atoms with Crippen molar-refractivity contribution in [2.24, 2.45) is 29.6 Å². The summed E-state index contributed by atoms with van der Waals surface area (Å²) in [6.07, 6.45) is 4.29. The predicted octanol–water partition coefficient (Wildman–Crippen LogP) is 6.47. The lowest BCUT2D eigenvalue weighted by molar-refractivity contribution is -0.128. The van der Waals surface area contributed by atoms with Crippen molar-refractivity contribution in [1.82, 2.24) is 0 Å². The van der Waals surface area contributed by atoms with Crippen LogP contribution in [0.3, 0.4) is 0 Å². The smallest absolute Gasteiger partial charge is 0.192 e. The molecular weight excluding hydrogens is 364 g/mol. The molecule has 0 radical (unpaired) electrons. The fourth-order valence-electron chi connectivity index (χ4n) is 5.08. The van der Waals surface area contributed by atoms with Crippen LogP contribution in [-0.2, 0) is 14.0 Å². The van der Waals surface area contributed by atoms with Crippen LogP contribution >= 0.6 is 0 Å². The van der Waals surface area contributed by atoms with Gasteiger partial charge in [-0.3, -0.25) is 4.79 Å². The normalized spacial score (nSPS) is 31.6. The zero-order valence-corrected chi connectivity index (χ0v) is 21.2. The molecule has 2 fully saturated rings. The highest BCUT2D eigenvalue weighted by atomic mass is 28.4. The van der Waals surface area contributed by atoms with Gasteiger partial charge in [-0.2, -0.15) is 0 Å². The van der Waals surface area contributed by atoms with Crippen LogP contribution in [0.25, 0.3) is 0 Å². The first-order valence-electron chi connectivity index (χ1n) is 11.5. The third-order valence-corrected chi connectivity index (χ3v) is 13.1. The Morgan fingerprint density at radius 1 is 1.07 bits per heavy atom. The van der Waals surface area contributed by atoms with Gasteiger partial charge in [-0.1, -0.05) is 34.6 Å². The summed E-state index contributed by atoms with van der Waals surface area (Å²) in [4.78, 5) is 12.3. The number of rotatable bonds is 7. The highest BCUT2D eigenvalue weighted by Gasteiger charge is 2.48. The van der Waals surface area contributed by atoms with Crippen molar-refractivity contribution in [2.75, 3.05) is 6.61 Å². The van der Waals surface area contributed by atoms with Gasteiger partial charge in [0.2, 0.25) is 0 Å². The molecule has 0 aromatic rings. The molecule has 0 bridgehead atoms. The largest absolute Gasteiger partial charge is 0.412 e. The summed E-state index contributed by atoms with van der Waals surface area (Å²) in [5.74, 6) is 2.85. The quantitative estimate of drug-likeness (QED) is 0.451. The van der Waals surface area contributed by atoms with Crippen LogP contribution in [0.5, 0.6) is 0 Å². The van der Waals surface area contributed by atoms with Crippen molar-refractivity contribution in [1.29, 1.82) is 0 Å². The number of hydrogen-bond donors (Lipinski definition) is 0. The summed E-state index contributed by atoms with van der Waals surface area (Å²) in [5.41, 5.74) is -0.199. The van der Waals surface area contributed by atoms with Crippen LogP contribution in [0.4, 0.5) is 0 Å². The summed E-state index contributed by atoms with van der Waals surface area (Å²) in [6.45, 7) is 23.5. The third kappa shape index (κ3) is 5.10. The number of carbonyl (C=O) groups is 1. The Hall–Kier alpha value is -0.193. The number of carbonyl (C=O) groups excluding carboxylic acids is 1. The van der Waals surface area contributed by atoms with Gasteiger partial charge in [0.25, 0.3) is 0 Å². The van der Waals surface area contributed by atoms with Gasteiger partial charge in [0.1, 0.15) is 5.78 Å². The maximum atomic E-state index is 12.3. The molecule has 2 aliphatic carbocycles. The molecule has 3 nitrogen and oxygen atoms in total. The maximum absolute atomic E-state index is 12.3. The standard InChI is InChI=1S/C24H46O3Si/c1-16-11-14-21(25)20-13-12-19(22(16)20)18(3)26-15-17(2)24(7,8)27-28(9,10)23(4,5)6/h16-20,22H,11-15H2,1-10H3/t16-,17+,18?,19?,20?,22?/m1/s1. The minimum atomic E-state index is -1.82. The summed E-state index contributed by atoms with van der Waals surface area (Å²) < 4.78 is 13.2. The van der Waals surface area contributed by atoms with Gasteiger partial charge in [0.15, 0.2) is 8.32 Å². The maximum Gasteiger partial charge on any atom is 0.192 e. The predicted molar refractivity (Wildman–Crippen MR) is 120 cm³/mol. The minimum absolute atomic E-state index is 0.199. The van der Waals surface area contributed by atoms with E-state index in [1.165, 1.54) is 0 Å². The van der Waals surface area contributed by atoms with E-state index in [-0.39, 0.29) is 16.7 Å². The molecule has 28 heavy (non-hydrogen) atoms. The molecule has 164 valence electrons. The molecule has 4 heteroatoms. The van der Waals surface area contributed by atoms with Crippen molar-refractivity contribution in [2.45, 2.75) is 111 Å². The molecule has 6 atom stereocenters. The first-order valence-corrected chi connectivity index (χ1v) is 14.4. The topological polar surface area (TPSA) is 35.5 Å². The van der Waals surface area contributed by atoms with Gasteiger partial charge in [-0.15, -0.1) is 0 Å². The van der Waals surface area contributed by atoms with Gasteiger partial charge in [0, 0.05) is 18.3 Å². The van der Waals surface area contributed by atoms with E-state index in [1.54, 1.807) is 0 Å². The van der Waals surface area contributed by atoms with Gasteiger partial charge in [0.05, 0.1) is 18.3 Å². The molecule has 0 amide bonds. The van der Waals surface area contributed by atoms with E-state index < -0.39 is 8.32 Å². The molecule has 0 N–H and O–H groups in total. The Morgan fingerprint density at radius 3 is 2.25 bits per heavy atom. The lowest BCUT2D eigenvalue weighted by Crippen LogP contribution is -2.50. The van der Waals surface area contributed by atoms with E-state index in [9.17, 15) is 4.79 Å². The summed E-state index contributed by atoms with van der Waals surface area (Å²) >= 11 is 0. The molecule has 0 aromatic carbocycles. The van der Waals surface area contributed by atoms with Crippen LogP contribution in [0.1, 0.15) is 81.1 Å². The molecule has 2 aliphatic rings. The molecule has 4 unspecified atom stereocenters. The van der Waals surface area contributed by atoms with E-state index in [2.05, 4.69) is 68.5 Å². The third-order valence-electron chi connectivity index (χ3n) is 8.41. The number of fused-ring (bicyclic) bond motifs is 1. The van der Waals surface area contributed by atoms with Gasteiger partial charge in [-0.05, 0) is 75.9 Å². The van der Waals surface area contributed by atoms with Crippen LogP contribution in [0.2, 0.25) is 18.1 Å². The van der Waals surface area contributed by atoms with Crippen molar-refractivity contribution >= 4 is 14.1 Å². The lowest BCUT2D eigenvalue weighted by atomic mass is 9.70. The highest BCUT2D eigenvalue weighted by Crippen LogP contribution is 2.49. The summed E-state index contributed by atoms with van der Waals surface area (Å²) in [7, 11) is -1.82. The second-order valence-corrected chi connectivity index (χ2v) is 16.5. The minimum Gasteiger partial charge on any atom is -0.412 e. The van der Waals surface area contributed by atoms with Crippen LogP contribution < -0.4 is 0 Å². The SMILES string of the molecule is CC(OC[C@H](C)C(C)(C)O[Si](C)(C)C(C)(C)C)C1CCC2C(=O)CC[C@@H](C)C21. The van der Waals surface area contributed by atoms with E-state index >= 15 is 0 Å². The Kier molecular flexibility index (Phi) is 7.32. The van der Waals surface area contributed by atoms with E-state index in [4.69, 9.17) is 9.16 Å². The second kappa shape index (κ2) is 8.51. The van der Waals surface area contributed by atoms with Crippen LogP contribution in [0, 0.1) is 29.6 Å². The fourth-order valence-corrected chi connectivity index (χ4v) is 6.90. The molecule has 0 spiro atoms. The second-order valence-electron chi connectivity index (χ2n) is 11.8. The molecule has 2 rings (SSSR count). The first-order chi connectivity index (χ1) is 12.7. The molecule has 0 heterocycles. The lowest BCUT2D eigenvalue weighted by Gasteiger charge is -2.45. The monoisotopic (exact) mass is 410 g/mol. The van der Waals surface area contributed by atoms with Crippen LogP contribution in [0.15, 0.2) is 0 Å². The van der Waals surface area contributed by atoms with Crippen molar-refractivity contribution in [3.05, 3.63) is 0 Å². The van der Waals surface area contributed by atoms with E-state index in [0.717, 1.165) is 32.3 Å². The van der Waals surface area contributed by atoms with Gasteiger partial charge >= 0.3 is 0 Å². The summed E-state index contributed by atoms with van der Waals surface area (Å²) in [6, 6.07) is 0. The fraction of sp³-hybridized carbons (Fsp3) is 0.958. The van der Waals surface area contributed by atoms with E-state index in [0.29, 0.717) is 35.4 Å². The number of Topliss-reactive ketones (excluding diaryl/α,β-unsaturated/α-hetero) is 1. The molecule has 0 aromatic heterocycles. The highest BCUT2D eigenvalue weighted by molar-refractivity contribution is 6.74. The van der Waals surface area contributed by atoms with Crippen molar-refractivity contribution in [3.63, 3.8) is 0 Å². The van der Waals surface area contributed by atoms with Crippen molar-refractivity contribution < 1.29 is 14.0 Å². The van der Waals surface area contributed by atoms with Gasteiger partial charge < -0.3 is 9.16 Å². The number of hydrogen-bond acceptors (Lipinski definition) is 3. The Morgan fingerprint density at radius 2 is 1.68 bits per heavy atom. The molecule has 0 aliphatic heterocycles. The molecular formula is C24H46O3Si. The Balaban J connectivity index is 1.94. The Labute approximate surface area is 175 Å². The zero-order valence-electron chi connectivity index (χ0n) is 20.2.